The molecule has 30 heavy (non-hydrogen) atoms. The largest absolute Gasteiger partial charge is 0.458 e. The zero-order chi connectivity index (χ0) is 21.9. The van der Waals surface area contributed by atoms with Crippen molar-refractivity contribution in [3.8, 4) is 0 Å². The number of carbonyl (C=O) groups is 1. The number of cyclic esters (lactones) is 1. The summed E-state index contributed by atoms with van der Waals surface area (Å²) in [6.45, 7) is 17.0. The highest BCUT2D eigenvalue weighted by molar-refractivity contribution is 5.94. The summed E-state index contributed by atoms with van der Waals surface area (Å²) >= 11 is 0. The van der Waals surface area contributed by atoms with E-state index in [1.807, 2.05) is 0 Å². The van der Waals surface area contributed by atoms with Crippen LogP contribution >= 0.6 is 0 Å². The van der Waals surface area contributed by atoms with Gasteiger partial charge in [-0.1, -0.05) is 84.6 Å². The Morgan fingerprint density at radius 3 is 2.57 bits per heavy atom. The van der Waals surface area contributed by atoms with Gasteiger partial charge in [0.1, 0.15) is 6.61 Å². The molecule has 168 valence electrons. The van der Waals surface area contributed by atoms with Gasteiger partial charge in [0.25, 0.3) is 0 Å². The van der Waals surface area contributed by atoms with Crippen molar-refractivity contribution in [2.45, 2.75) is 98.8 Å². The van der Waals surface area contributed by atoms with Crippen LogP contribution in [0.25, 0.3) is 0 Å². The van der Waals surface area contributed by atoms with E-state index >= 15 is 0 Å². The Morgan fingerprint density at radius 2 is 1.90 bits per heavy atom. The maximum atomic E-state index is 12.3. The average Bonchev–Trinajstić information content (AvgIpc) is 3.04. The van der Waals surface area contributed by atoms with Crippen LogP contribution in [0.4, 0.5) is 0 Å². The first-order valence-electron chi connectivity index (χ1n) is 12.6. The summed E-state index contributed by atoms with van der Waals surface area (Å²) in [5.74, 6) is 1.80. The van der Waals surface area contributed by atoms with Crippen LogP contribution in [0.2, 0.25) is 0 Å². The number of ether oxygens (including phenoxy) is 1. The molecule has 0 spiro atoms. The zero-order valence-corrected chi connectivity index (χ0v) is 20.2. The summed E-state index contributed by atoms with van der Waals surface area (Å²) in [7, 11) is 0. The van der Waals surface area contributed by atoms with E-state index in [0.29, 0.717) is 17.9 Å². The average molecular weight is 413 g/mol. The molecule has 2 saturated carbocycles. The van der Waals surface area contributed by atoms with Gasteiger partial charge in [-0.25, -0.2) is 4.79 Å². The molecule has 1 unspecified atom stereocenters. The van der Waals surface area contributed by atoms with Crippen LogP contribution in [0.15, 0.2) is 35.5 Å². The van der Waals surface area contributed by atoms with Crippen LogP contribution < -0.4 is 0 Å². The van der Waals surface area contributed by atoms with Crippen molar-refractivity contribution in [2.24, 2.45) is 28.6 Å². The zero-order valence-electron chi connectivity index (χ0n) is 20.2. The standard InChI is InChI=1S/C28H44O2/c1-7-10-21-19-30-26(29)23(21)13-14-24-20(4)12-15-25-27(5,17-9-3)22(11-8-2)16-18-28(24,25)6/h13-14,22,24-25H,4,7-12,15-19H2,1-3,5-6H3/b14-13+/t22-,24-,25?,27-,28+/m1/s1. The number of hydrogen-bond donors (Lipinski definition) is 0. The lowest BCUT2D eigenvalue weighted by molar-refractivity contribution is -0.135. The van der Waals surface area contributed by atoms with Crippen LogP contribution in [-0.2, 0) is 9.53 Å². The van der Waals surface area contributed by atoms with Crippen molar-refractivity contribution < 1.29 is 9.53 Å². The first-order chi connectivity index (χ1) is 14.3. The van der Waals surface area contributed by atoms with Crippen LogP contribution in [0.5, 0.6) is 0 Å². The second-order valence-electron chi connectivity index (χ2n) is 10.7. The molecule has 2 nitrogen and oxygen atoms in total. The highest BCUT2D eigenvalue weighted by atomic mass is 16.5. The lowest BCUT2D eigenvalue weighted by Crippen LogP contribution is -2.53. The Balaban J connectivity index is 1.93. The van der Waals surface area contributed by atoms with Crippen molar-refractivity contribution in [1.29, 1.82) is 0 Å². The smallest absolute Gasteiger partial charge is 0.338 e. The Bertz CT molecular complexity index is 714. The molecule has 2 aliphatic carbocycles. The summed E-state index contributed by atoms with van der Waals surface area (Å²) in [4.78, 5) is 12.3. The number of esters is 1. The number of carbonyl (C=O) groups excluding carboxylic acids is 1. The van der Waals surface area contributed by atoms with Gasteiger partial charge in [-0.2, -0.15) is 0 Å². The molecule has 5 atom stereocenters. The van der Waals surface area contributed by atoms with Crippen LogP contribution in [0.1, 0.15) is 98.8 Å². The second kappa shape index (κ2) is 9.45. The fraction of sp³-hybridized carbons (Fsp3) is 0.750. The van der Waals surface area contributed by atoms with Gasteiger partial charge in [0.05, 0.1) is 5.57 Å². The molecule has 0 saturated heterocycles. The van der Waals surface area contributed by atoms with Gasteiger partial charge >= 0.3 is 5.97 Å². The summed E-state index contributed by atoms with van der Waals surface area (Å²) in [6, 6.07) is 0. The third-order valence-corrected chi connectivity index (χ3v) is 8.87. The Hall–Kier alpha value is -1.31. The predicted octanol–water partition coefficient (Wildman–Crippen LogP) is 7.80. The fourth-order valence-corrected chi connectivity index (χ4v) is 7.45. The highest BCUT2D eigenvalue weighted by Crippen LogP contribution is 2.65. The van der Waals surface area contributed by atoms with Crippen molar-refractivity contribution >= 4 is 5.97 Å². The number of rotatable bonds is 8. The van der Waals surface area contributed by atoms with Crippen LogP contribution in [-0.4, -0.2) is 12.6 Å². The molecule has 3 aliphatic rings. The SMILES string of the molecule is C=C1CCC2[C@](C)(CCC)[C@H](CCC)CC[C@@]2(C)[C@@H]1/C=C/C1=C(CCC)COC1=O. The molecule has 0 aromatic carbocycles. The Kier molecular flexibility index (Phi) is 7.36. The second-order valence-corrected chi connectivity index (χ2v) is 10.7. The molecule has 1 heterocycles. The summed E-state index contributed by atoms with van der Waals surface area (Å²) in [6.07, 6.45) is 16.7. The van der Waals surface area contributed by atoms with E-state index in [9.17, 15) is 4.79 Å². The van der Waals surface area contributed by atoms with E-state index in [0.717, 1.165) is 36.7 Å². The molecule has 0 bridgehead atoms. The van der Waals surface area contributed by atoms with Crippen molar-refractivity contribution in [3.63, 3.8) is 0 Å². The molecule has 0 aromatic heterocycles. The monoisotopic (exact) mass is 412 g/mol. The normalized spacial score (nSPS) is 37.0. The Labute approximate surface area is 185 Å². The Morgan fingerprint density at radius 1 is 1.13 bits per heavy atom. The van der Waals surface area contributed by atoms with Gasteiger partial charge in [0.15, 0.2) is 0 Å². The highest BCUT2D eigenvalue weighted by Gasteiger charge is 2.56. The number of hydrogen-bond acceptors (Lipinski definition) is 2. The maximum absolute atomic E-state index is 12.3. The molecule has 1 aliphatic heterocycles. The minimum atomic E-state index is -0.139. The summed E-state index contributed by atoms with van der Waals surface area (Å²) in [5, 5.41) is 0. The fourth-order valence-electron chi connectivity index (χ4n) is 7.45. The minimum Gasteiger partial charge on any atom is -0.458 e. The summed E-state index contributed by atoms with van der Waals surface area (Å²) in [5.41, 5.74) is 4.01. The maximum Gasteiger partial charge on any atom is 0.338 e. The quantitative estimate of drug-likeness (QED) is 0.300. The van der Waals surface area contributed by atoms with Gasteiger partial charge in [-0.15, -0.1) is 0 Å². The molecule has 2 heteroatoms. The lowest BCUT2D eigenvalue weighted by atomic mass is 9.43. The van der Waals surface area contributed by atoms with Crippen LogP contribution in [0.3, 0.4) is 0 Å². The van der Waals surface area contributed by atoms with Gasteiger partial charge in [-0.05, 0) is 66.8 Å². The predicted molar refractivity (Wildman–Crippen MR) is 126 cm³/mol. The molecule has 0 N–H and O–H groups in total. The summed E-state index contributed by atoms with van der Waals surface area (Å²) < 4.78 is 5.35. The first-order valence-corrected chi connectivity index (χ1v) is 12.6. The van der Waals surface area contributed by atoms with E-state index < -0.39 is 0 Å². The molecule has 3 rings (SSSR count). The van der Waals surface area contributed by atoms with E-state index in [-0.39, 0.29) is 11.4 Å². The van der Waals surface area contributed by atoms with E-state index in [2.05, 4.69) is 53.3 Å². The molecule has 2 fully saturated rings. The lowest BCUT2D eigenvalue weighted by Gasteiger charge is -2.61. The third-order valence-electron chi connectivity index (χ3n) is 8.87. The van der Waals surface area contributed by atoms with Crippen molar-refractivity contribution in [1.82, 2.24) is 0 Å². The molecule has 0 amide bonds. The van der Waals surface area contributed by atoms with Crippen LogP contribution in [0, 0.1) is 28.6 Å². The van der Waals surface area contributed by atoms with E-state index in [4.69, 9.17) is 4.74 Å². The number of allylic oxidation sites excluding steroid dienone is 2. The number of fused-ring (bicyclic) bond motifs is 1. The van der Waals surface area contributed by atoms with Gasteiger partial charge in [-0.3, -0.25) is 0 Å². The molecule has 0 radical (unpaired) electrons. The van der Waals surface area contributed by atoms with Gasteiger partial charge in [0, 0.05) is 5.92 Å². The molecular formula is C28H44O2. The van der Waals surface area contributed by atoms with Gasteiger partial charge < -0.3 is 4.74 Å². The minimum absolute atomic E-state index is 0.139. The third kappa shape index (κ3) is 4.08. The van der Waals surface area contributed by atoms with Gasteiger partial charge in [0.2, 0.25) is 0 Å². The molecular weight excluding hydrogens is 368 g/mol. The van der Waals surface area contributed by atoms with Crippen molar-refractivity contribution in [3.05, 3.63) is 35.5 Å². The van der Waals surface area contributed by atoms with E-state index in [1.54, 1.807) is 0 Å². The molecule has 0 aromatic rings. The first kappa shape index (κ1) is 23.4. The van der Waals surface area contributed by atoms with E-state index in [1.165, 1.54) is 56.1 Å². The topological polar surface area (TPSA) is 26.3 Å². The van der Waals surface area contributed by atoms with Crippen molar-refractivity contribution in [2.75, 3.05) is 6.61 Å².